The Labute approximate surface area is 238 Å². The number of sulfonamides is 1. The fraction of sp³-hybridized carbons (Fsp3) is 0.276. The summed E-state index contributed by atoms with van der Waals surface area (Å²) < 4.78 is 29.6. The maximum Gasteiger partial charge on any atom is 0.262 e. The smallest absolute Gasteiger partial charge is 0.262 e. The number of hydrogen-bond donors (Lipinski definition) is 3. The van der Waals surface area contributed by atoms with E-state index < -0.39 is 10.0 Å². The van der Waals surface area contributed by atoms with Crippen molar-refractivity contribution < 1.29 is 18.0 Å². The molecule has 0 fully saturated rings. The van der Waals surface area contributed by atoms with Crippen molar-refractivity contribution in [3.05, 3.63) is 66.0 Å². The van der Waals surface area contributed by atoms with Crippen LogP contribution in [0.4, 0.5) is 16.5 Å². The van der Waals surface area contributed by atoms with E-state index in [2.05, 4.69) is 20.3 Å². The van der Waals surface area contributed by atoms with Crippen LogP contribution in [0.2, 0.25) is 0 Å². The number of hydrogen-bond acceptors (Lipinski definition) is 7. The number of fused-ring (bicyclic) bond motifs is 1. The van der Waals surface area contributed by atoms with Gasteiger partial charge >= 0.3 is 0 Å². The number of carbonyl (C=O) groups excluding carboxylic acids is 2. The molecule has 1 heterocycles. The molecule has 4 rings (SSSR count). The Kier molecular flexibility index (Phi) is 9.38. The van der Waals surface area contributed by atoms with Gasteiger partial charge in [0.25, 0.3) is 10.0 Å². The lowest BCUT2D eigenvalue weighted by molar-refractivity contribution is -0.119. The third kappa shape index (κ3) is 7.36. The first-order chi connectivity index (χ1) is 19.1. The lowest BCUT2D eigenvalue weighted by atomic mass is 10.1. The molecular formula is C29H33N5O4S2. The van der Waals surface area contributed by atoms with Gasteiger partial charge in [0.15, 0.2) is 5.13 Å². The number of amides is 2. The highest BCUT2D eigenvalue weighted by atomic mass is 32.2. The fourth-order valence-electron chi connectivity index (χ4n) is 4.34. The second kappa shape index (κ2) is 12.9. The van der Waals surface area contributed by atoms with Crippen LogP contribution in [0.15, 0.2) is 70.9 Å². The molecule has 4 aromatic rings. The molecule has 3 N–H and O–H groups in total. The van der Waals surface area contributed by atoms with Gasteiger partial charge in [-0.1, -0.05) is 42.8 Å². The lowest BCUT2D eigenvalue weighted by Crippen LogP contribution is -2.20. The molecule has 3 aromatic carbocycles. The third-order valence-electron chi connectivity index (χ3n) is 6.25. The maximum absolute atomic E-state index is 13.4. The van der Waals surface area contributed by atoms with Gasteiger partial charge in [-0.05, 0) is 37.1 Å². The fourth-order valence-corrected chi connectivity index (χ4v) is 6.35. The van der Waals surface area contributed by atoms with E-state index in [1.54, 1.807) is 30.3 Å². The minimum absolute atomic E-state index is 0.0520. The Balaban J connectivity index is 1.42. The summed E-state index contributed by atoms with van der Waals surface area (Å²) >= 11 is 1.31. The van der Waals surface area contributed by atoms with Gasteiger partial charge in [-0.15, -0.1) is 11.3 Å². The number of nitrogens with one attached hydrogen (secondary N) is 3. The molecule has 40 heavy (non-hydrogen) atoms. The number of carbonyl (C=O) groups is 2. The van der Waals surface area contributed by atoms with Gasteiger partial charge in [0.1, 0.15) is 0 Å². The van der Waals surface area contributed by atoms with Crippen LogP contribution in [0.3, 0.4) is 0 Å². The van der Waals surface area contributed by atoms with Crippen LogP contribution in [0.5, 0.6) is 0 Å². The second-order valence-electron chi connectivity index (χ2n) is 9.59. The molecule has 9 nitrogen and oxygen atoms in total. The van der Waals surface area contributed by atoms with Crippen LogP contribution in [-0.4, -0.2) is 45.9 Å². The van der Waals surface area contributed by atoms with E-state index >= 15 is 0 Å². The monoisotopic (exact) mass is 579 g/mol. The van der Waals surface area contributed by atoms with Gasteiger partial charge in [-0.25, -0.2) is 13.4 Å². The minimum atomic E-state index is -3.88. The largest absolute Gasteiger partial charge is 0.377 e. The Morgan fingerprint density at radius 1 is 0.950 bits per heavy atom. The van der Waals surface area contributed by atoms with Crippen LogP contribution < -0.4 is 20.3 Å². The highest BCUT2D eigenvalue weighted by molar-refractivity contribution is 7.93. The summed E-state index contributed by atoms with van der Waals surface area (Å²) in [5, 5.41) is 9.37. The van der Waals surface area contributed by atoms with Gasteiger partial charge in [0.2, 0.25) is 11.8 Å². The van der Waals surface area contributed by atoms with Crippen LogP contribution in [0, 0.1) is 0 Å². The van der Waals surface area contributed by atoms with E-state index in [9.17, 15) is 18.0 Å². The van der Waals surface area contributed by atoms with E-state index in [1.807, 2.05) is 54.7 Å². The van der Waals surface area contributed by atoms with E-state index in [0.29, 0.717) is 34.9 Å². The predicted molar refractivity (Wildman–Crippen MR) is 162 cm³/mol. The molecule has 0 aliphatic carbocycles. The van der Waals surface area contributed by atoms with Crippen LogP contribution in [-0.2, 0) is 19.6 Å². The molecule has 1 aromatic heterocycles. The van der Waals surface area contributed by atoms with E-state index in [-0.39, 0.29) is 16.7 Å². The highest BCUT2D eigenvalue weighted by Crippen LogP contribution is 2.32. The van der Waals surface area contributed by atoms with Gasteiger partial charge < -0.3 is 15.5 Å². The Hall–Kier alpha value is -3.96. The summed E-state index contributed by atoms with van der Waals surface area (Å²) in [6, 6.07) is 17.9. The zero-order chi connectivity index (χ0) is 28.7. The second-order valence-corrected chi connectivity index (χ2v) is 12.1. The average Bonchev–Trinajstić information content (AvgIpc) is 3.38. The van der Waals surface area contributed by atoms with E-state index in [0.717, 1.165) is 35.9 Å². The number of unbranched alkanes of at least 4 members (excludes halogenated alkanes) is 2. The van der Waals surface area contributed by atoms with Crippen molar-refractivity contribution in [1.29, 1.82) is 0 Å². The van der Waals surface area contributed by atoms with Crippen LogP contribution in [0.25, 0.3) is 22.0 Å². The van der Waals surface area contributed by atoms with E-state index in [4.69, 9.17) is 0 Å². The van der Waals surface area contributed by atoms with Gasteiger partial charge in [-0.2, -0.15) is 0 Å². The summed E-state index contributed by atoms with van der Waals surface area (Å²) in [5.41, 5.74) is 2.71. The molecular weight excluding hydrogens is 546 g/mol. The number of benzene rings is 3. The van der Waals surface area contributed by atoms with Crippen LogP contribution >= 0.6 is 11.3 Å². The molecule has 0 saturated heterocycles. The number of thiazole rings is 1. The first-order valence-corrected chi connectivity index (χ1v) is 15.3. The Bertz CT molecular complexity index is 1620. The first kappa shape index (κ1) is 29.0. The molecule has 0 atom stereocenters. The summed E-state index contributed by atoms with van der Waals surface area (Å²) in [6.07, 6.45) is 2.76. The predicted octanol–water partition coefficient (Wildman–Crippen LogP) is 5.47. The van der Waals surface area contributed by atoms with E-state index in [1.165, 1.54) is 18.3 Å². The molecule has 0 radical (unpaired) electrons. The zero-order valence-corrected chi connectivity index (χ0v) is 24.4. The molecule has 0 aliphatic rings. The van der Waals surface area contributed by atoms with Crippen molar-refractivity contribution in [3.63, 3.8) is 0 Å². The van der Waals surface area contributed by atoms with Crippen LogP contribution in [0.1, 0.15) is 32.6 Å². The molecule has 0 unspecified atom stereocenters. The molecule has 210 valence electrons. The maximum atomic E-state index is 13.4. The van der Waals surface area contributed by atoms with Crippen molar-refractivity contribution in [2.75, 3.05) is 35.6 Å². The Morgan fingerprint density at radius 2 is 1.70 bits per heavy atom. The van der Waals surface area contributed by atoms with Gasteiger partial charge in [0.05, 0.1) is 10.6 Å². The summed E-state index contributed by atoms with van der Waals surface area (Å²) in [6.45, 7) is 2.10. The summed E-state index contributed by atoms with van der Waals surface area (Å²) in [4.78, 5) is 29.9. The molecule has 0 aliphatic heterocycles. The third-order valence-corrected chi connectivity index (χ3v) is 8.44. The average molecular weight is 580 g/mol. The van der Waals surface area contributed by atoms with Crippen molar-refractivity contribution in [2.45, 2.75) is 37.5 Å². The molecule has 0 saturated carbocycles. The summed E-state index contributed by atoms with van der Waals surface area (Å²) in [5.74, 6) is -0.168. The SMILES string of the molecule is CC(=O)NCCCCCC(=O)Nc1nc(-c2cccc(NS(=O)(=O)c3cccc4c(N(C)C)cccc34)c2)cs1. The molecule has 0 spiro atoms. The standard InChI is InChI=1S/C29H33N5O4S2/c1-20(35)30-17-6-4-5-16-28(36)32-29-31-25(19-39-29)21-10-7-11-22(18-21)33-40(37,38)27-15-9-12-23-24(27)13-8-14-26(23)34(2)3/h7-15,18-19,33H,4-6,16-17H2,1-3H3,(H,30,35)(H,31,32,36). The van der Waals surface area contributed by atoms with Crippen molar-refractivity contribution >= 4 is 60.5 Å². The van der Waals surface area contributed by atoms with Gasteiger partial charge in [0, 0.05) is 67.1 Å². The number of anilines is 3. The van der Waals surface area contributed by atoms with Crippen molar-refractivity contribution in [2.24, 2.45) is 0 Å². The molecule has 2 amide bonds. The summed E-state index contributed by atoms with van der Waals surface area (Å²) in [7, 11) is -0.0271. The van der Waals surface area contributed by atoms with Crippen molar-refractivity contribution in [1.82, 2.24) is 10.3 Å². The van der Waals surface area contributed by atoms with Gasteiger partial charge in [-0.3, -0.25) is 14.3 Å². The van der Waals surface area contributed by atoms with Crippen molar-refractivity contribution in [3.8, 4) is 11.3 Å². The minimum Gasteiger partial charge on any atom is -0.377 e. The Morgan fingerprint density at radius 3 is 2.48 bits per heavy atom. The highest BCUT2D eigenvalue weighted by Gasteiger charge is 2.19. The normalized spacial score (nSPS) is 11.3. The zero-order valence-electron chi connectivity index (χ0n) is 22.7. The quantitative estimate of drug-likeness (QED) is 0.192. The lowest BCUT2D eigenvalue weighted by Gasteiger charge is -2.17. The molecule has 11 heteroatoms. The first-order valence-electron chi connectivity index (χ1n) is 13.0. The number of nitrogens with zero attached hydrogens (tertiary/aromatic N) is 2. The number of rotatable bonds is 12. The number of aromatic nitrogens is 1. The molecule has 0 bridgehead atoms. The topological polar surface area (TPSA) is 120 Å².